The van der Waals surface area contributed by atoms with Crippen LogP contribution in [0.1, 0.15) is 6.92 Å². The molecule has 1 aliphatic heterocycles. The quantitative estimate of drug-likeness (QED) is 0.648. The Bertz CT molecular complexity index is 975. The van der Waals surface area contributed by atoms with Crippen molar-refractivity contribution in [1.29, 1.82) is 0 Å². The molecule has 1 saturated heterocycles. The highest BCUT2D eigenvalue weighted by Gasteiger charge is 2.32. The van der Waals surface area contributed by atoms with Crippen molar-refractivity contribution in [2.75, 3.05) is 38.5 Å². The summed E-state index contributed by atoms with van der Waals surface area (Å²) in [6.07, 6.45) is 3.51. The zero-order valence-corrected chi connectivity index (χ0v) is 16.6. The molecule has 0 unspecified atom stereocenters. The second kappa shape index (κ2) is 7.55. The van der Waals surface area contributed by atoms with Crippen LogP contribution in [0.2, 0.25) is 5.02 Å². The molecular formula is C18H21ClN7S+. The number of piperazine rings is 1. The number of nitrogen functional groups attached to an aromatic ring is 1. The summed E-state index contributed by atoms with van der Waals surface area (Å²) in [7, 11) is 0. The number of hydrogen-bond donors (Lipinski definition) is 2. The van der Waals surface area contributed by atoms with Gasteiger partial charge in [-0.2, -0.15) is 4.98 Å². The zero-order valence-electron chi connectivity index (χ0n) is 15.0. The molecule has 1 fully saturated rings. The van der Waals surface area contributed by atoms with E-state index in [1.54, 1.807) is 6.20 Å². The largest absolute Gasteiger partial charge is 0.382 e. The number of likely N-dealkylation sites (N-methyl/N-ethyl adjacent to an activating group) is 1. The maximum absolute atomic E-state index is 6.23. The molecule has 140 valence electrons. The SMILES string of the molecule is CC[N+]1(c2cnc3nc(Sc4ccnc(N)c4Cl)ccc3n2)CCNCC1. The van der Waals surface area contributed by atoms with Crippen LogP contribution >= 0.6 is 23.4 Å². The highest BCUT2D eigenvalue weighted by molar-refractivity contribution is 7.99. The van der Waals surface area contributed by atoms with Gasteiger partial charge in [0, 0.05) is 24.2 Å². The Hall–Kier alpha value is -2.00. The summed E-state index contributed by atoms with van der Waals surface area (Å²) >= 11 is 7.66. The number of pyridine rings is 2. The van der Waals surface area contributed by atoms with Gasteiger partial charge in [0.25, 0.3) is 0 Å². The molecule has 0 spiro atoms. The Kier molecular flexibility index (Phi) is 5.14. The number of quaternary nitrogens is 1. The standard InChI is InChI=1S/C18H21ClN7S/c1-2-26(9-7-21-8-10-26)14-11-23-18-12(24-14)3-4-15(25-18)27-13-5-6-22-17(20)16(13)19/h3-6,11,21H,2,7-10H2,1H3,(H2,20,22)/q+1. The normalized spacial score (nSPS) is 16.5. The van der Waals surface area contributed by atoms with Crippen LogP contribution in [0.4, 0.5) is 11.6 Å². The molecule has 4 heterocycles. The fourth-order valence-electron chi connectivity index (χ4n) is 3.33. The van der Waals surface area contributed by atoms with Crippen molar-refractivity contribution in [3.05, 3.63) is 35.6 Å². The first-order valence-electron chi connectivity index (χ1n) is 8.90. The van der Waals surface area contributed by atoms with E-state index < -0.39 is 0 Å². The molecule has 0 amide bonds. The van der Waals surface area contributed by atoms with Gasteiger partial charge in [0.15, 0.2) is 5.65 Å². The number of nitrogens with one attached hydrogen (secondary N) is 1. The van der Waals surface area contributed by atoms with Gasteiger partial charge in [0.1, 0.15) is 22.6 Å². The summed E-state index contributed by atoms with van der Waals surface area (Å²) in [5, 5.41) is 4.65. The molecule has 0 radical (unpaired) electrons. The molecule has 3 aromatic rings. The van der Waals surface area contributed by atoms with E-state index in [2.05, 4.69) is 27.2 Å². The average molecular weight is 403 g/mol. The molecule has 0 atom stereocenters. The van der Waals surface area contributed by atoms with Crippen molar-refractivity contribution < 1.29 is 0 Å². The first-order valence-corrected chi connectivity index (χ1v) is 10.1. The minimum Gasteiger partial charge on any atom is -0.382 e. The Labute approximate surface area is 167 Å². The van der Waals surface area contributed by atoms with Crippen LogP contribution in [0.25, 0.3) is 11.2 Å². The molecule has 0 saturated carbocycles. The number of nitrogens with zero attached hydrogens (tertiary/aromatic N) is 5. The number of nitrogens with two attached hydrogens (primary N) is 1. The van der Waals surface area contributed by atoms with Crippen LogP contribution in [-0.2, 0) is 0 Å². The van der Waals surface area contributed by atoms with Gasteiger partial charge in [-0.25, -0.2) is 15.0 Å². The monoisotopic (exact) mass is 402 g/mol. The predicted molar refractivity (Wildman–Crippen MR) is 110 cm³/mol. The fourth-order valence-corrected chi connectivity index (χ4v) is 4.37. The Balaban J connectivity index is 1.65. The summed E-state index contributed by atoms with van der Waals surface area (Å²) < 4.78 is 0.859. The van der Waals surface area contributed by atoms with Crippen molar-refractivity contribution >= 4 is 46.2 Å². The lowest BCUT2D eigenvalue weighted by Gasteiger charge is -2.39. The highest BCUT2D eigenvalue weighted by atomic mass is 35.5. The third kappa shape index (κ3) is 3.58. The topological polar surface area (TPSA) is 89.6 Å². The summed E-state index contributed by atoms with van der Waals surface area (Å²) in [5.74, 6) is 1.33. The second-order valence-electron chi connectivity index (χ2n) is 6.49. The molecule has 1 aliphatic rings. The molecule has 0 bridgehead atoms. The minimum atomic E-state index is 0.316. The molecule has 3 aromatic heterocycles. The Morgan fingerprint density at radius 3 is 2.78 bits per heavy atom. The van der Waals surface area contributed by atoms with E-state index in [4.69, 9.17) is 22.3 Å². The summed E-state index contributed by atoms with van der Waals surface area (Å²) in [6.45, 7) is 7.26. The van der Waals surface area contributed by atoms with Gasteiger partial charge in [-0.15, -0.1) is 0 Å². The van der Waals surface area contributed by atoms with Crippen LogP contribution in [0.5, 0.6) is 0 Å². The van der Waals surface area contributed by atoms with Crippen LogP contribution in [0.15, 0.2) is 40.5 Å². The lowest BCUT2D eigenvalue weighted by atomic mass is 10.2. The van der Waals surface area contributed by atoms with Gasteiger partial charge in [-0.05, 0) is 25.1 Å². The predicted octanol–water partition coefficient (Wildman–Crippen LogP) is 2.74. The maximum Gasteiger partial charge on any atom is 0.247 e. The van der Waals surface area contributed by atoms with Gasteiger partial charge in [0.05, 0.1) is 24.7 Å². The minimum absolute atomic E-state index is 0.316. The van der Waals surface area contributed by atoms with Crippen molar-refractivity contribution in [2.24, 2.45) is 0 Å². The number of rotatable bonds is 4. The van der Waals surface area contributed by atoms with E-state index in [-0.39, 0.29) is 0 Å². The van der Waals surface area contributed by atoms with Crippen molar-refractivity contribution in [3.8, 4) is 0 Å². The van der Waals surface area contributed by atoms with E-state index in [1.807, 2.05) is 24.4 Å². The van der Waals surface area contributed by atoms with Gasteiger partial charge in [0.2, 0.25) is 5.82 Å². The molecule has 3 N–H and O–H groups in total. The van der Waals surface area contributed by atoms with Crippen LogP contribution in [0.3, 0.4) is 0 Å². The fraction of sp³-hybridized carbons (Fsp3) is 0.333. The molecule has 0 aromatic carbocycles. The second-order valence-corrected chi connectivity index (χ2v) is 7.93. The lowest BCUT2D eigenvalue weighted by Crippen LogP contribution is -2.60. The van der Waals surface area contributed by atoms with Crippen LogP contribution in [0, 0.1) is 0 Å². The molecule has 0 aliphatic carbocycles. The van der Waals surface area contributed by atoms with E-state index in [9.17, 15) is 0 Å². The molecule has 7 nitrogen and oxygen atoms in total. The van der Waals surface area contributed by atoms with Gasteiger partial charge in [-0.3, -0.25) is 4.48 Å². The lowest BCUT2D eigenvalue weighted by molar-refractivity contribution is 0.245. The first-order chi connectivity index (χ1) is 13.1. The maximum atomic E-state index is 6.23. The molecule has 4 rings (SSSR count). The average Bonchev–Trinajstić information content (AvgIpc) is 2.71. The van der Waals surface area contributed by atoms with E-state index in [0.717, 1.165) is 58.5 Å². The Morgan fingerprint density at radius 2 is 2.00 bits per heavy atom. The first kappa shape index (κ1) is 18.4. The third-order valence-electron chi connectivity index (χ3n) is 4.99. The van der Waals surface area contributed by atoms with Crippen molar-refractivity contribution in [3.63, 3.8) is 0 Å². The van der Waals surface area contributed by atoms with Crippen LogP contribution < -0.4 is 15.5 Å². The number of aromatic nitrogens is 4. The van der Waals surface area contributed by atoms with E-state index in [0.29, 0.717) is 16.5 Å². The smallest absolute Gasteiger partial charge is 0.247 e. The van der Waals surface area contributed by atoms with Gasteiger partial charge < -0.3 is 11.1 Å². The van der Waals surface area contributed by atoms with Crippen molar-refractivity contribution in [2.45, 2.75) is 16.8 Å². The number of fused-ring (bicyclic) bond motifs is 1. The van der Waals surface area contributed by atoms with Gasteiger partial charge >= 0.3 is 0 Å². The van der Waals surface area contributed by atoms with Crippen LogP contribution in [-0.4, -0.2) is 52.7 Å². The molecule has 27 heavy (non-hydrogen) atoms. The van der Waals surface area contributed by atoms with E-state index in [1.165, 1.54) is 11.8 Å². The number of anilines is 1. The summed E-state index contributed by atoms with van der Waals surface area (Å²) in [4.78, 5) is 18.9. The number of halogens is 1. The zero-order chi connectivity index (χ0) is 18.9. The Morgan fingerprint density at radius 1 is 1.19 bits per heavy atom. The molecule has 9 heteroatoms. The third-order valence-corrected chi connectivity index (χ3v) is 6.49. The van der Waals surface area contributed by atoms with E-state index >= 15 is 0 Å². The molecular weight excluding hydrogens is 382 g/mol. The van der Waals surface area contributed by atoms with Gasteiger partial charge in [-0.1, -0.05) is 23.4 Å². The number of hydrogen-bond acceptors (Lipinski definition) is 7. The highest BCUT2D eigenvalue weighted by Crippen LogP contribution is 2.35. The van der Waals surface area contributed by atoms with Crippen molar-refractivity contribution in [1.82, 2.24) is 29.7 Å². The summed E-state index contributed by atoms with van der Waals surface area (Å²) in [5.41, 5.74) is 7.21. The summed E-state index contributed by atoms with van der Waals surface area (Å²) in [6, 6.07) is 5.73.